The summed E-state index contributed by atoms with van der Waals surface area (Å²) in [6.07, 6.45) is 3.41. The summed E-state index contributed by atoms with van der Waals surface area (Å²) in [5.74, 6) is 0.319. The second-order valence-corrected chi connectivity index (χ2v) is 3.16. The van der Waals surface area contributed by atoms with Gasteiger partial charge in [0.1, 0.15) is 0 Å². The Kier molecular flexibility index (Phi) is 7.71. The van der Waals surface area contributed by atoms with Crippen LogP contribution in [0.4, 0.5) is 0 Å². The Hall–Kier alpha value is 0.634. The van der Waals surface area contributed by atoms with E-state index in [-0.39, 0.29) is 12.7 Å². The summed E-state index contributed by atoms with van der Waals surface area (Å²) in [6, 6.07) is 0. The molecule has 0 fully saturated rings. The Morgan fingerprint density at radius 1 is 1.45 bits per heavy atom. The first-order valence-electron chi connectivity index (χ1n) is 4.23. The zero-order chi connectivity index (χ0) is 8.69. The maximum atomic E-state index is 8.97. The molecule has 0 aliphatic carbocycles. The van der Waals surface area contributed by atoms with Crippen molar-refractivity contribution in [2.45, 2.75) is 39.2 Å². The summed E-state index contributed by atoms with van der Waals surface area (Å²) < 4.78 is 5.27. The summed E-state index contributed by atoms with van der Waals surface area (Å²) in [4.78, 5) is 0. The van der Waals surface area contributed by atoms with Crippen LogP contribution in [-0.4, -0.2) is 17.8 Å². The molecule has 2 atom stereocenters. The van der Waals surface area contributed by atoms with Crippen molar-refractivity contribution in [3.63, 3.8) is 0 Å². The van der Waals surface area contributed by atoms with Gasteiger partial charge in [-0.1, -0.05) is 0 Å². The summed E-state index contributed by atoms with van der Waals surface area (Å²) in [6.45, 7) is 4.47. The molecule has 0 heterocycles. The molecule has 0 aliphatic heterocycles. The van der Waals surface area contributed by atoms with Crippen LogP contribution in [0.25, 0.3) is 0 Å². The monoisotopic (exact) mass is 193 g/mol. The van der Waals surface area contributed by atoms with Gasteiger partial charge in [-0.15, -0.1) is 0 Å². The van der Waals surface area contributed by atoms with E-state index in [1.54, 1.807) is 20.8 Å². The quantitative estimate of drug-likeness (QED) is 0.650. The van der Waals surface area contributed by atoms with Crippen LogP contribution in [0.1, 0.15) is 33.1 Å². The fourth-order valence-electron chi connectivity index (χ4n) is 1.18. The van der Waals surface area contributed by atoms with Crippen LogP contribution in [0.5, 0.6) is 0 Å². The maximum absolute atomic E-state index is 8.97. The first-order valence-corrected chi connectivity index (χ1v) is 4.87. The molecule has 0 saturated heterocycles. The van der Waals surface area contributed by atoms with Crippen LogP contribution in [0.2, 0.25) is 0 Å². The Bertz CT molecular complexity index is 84.2. The molecule has 2 unspecified atom stereocenters. The predicted octanol–water partition coefficient (Wildman–Crippen LogP) is 1.65. The first kappa shape index (κ1) is 11.6. The van der Waals surface area contributed by atoms with Gasteiger partial charge in [-0.3, -0.25) is 0 Å². The first-order chi connectivity index (χ1) is 5.29. The van der Waals surface area contributed by atoms with Crippen LogP contribution in [0.15, 0.2) is 0 Å². The molecule has 0 aromatic heterocycles. The molecule has 11 heavy (non-hydrogen) atoms. The molecule has 3 heteroatoms. The van der Waals surface area contributed by atoms with E-state index in [1.807, 2.05) is 0 Å². The van der Waals surface area contributed by atoms with Gasteiger partial charge < -0.3 is 0 Å². The fourth-order valence-corrected chi connectivity index (χ4v) is 1.67. The van der Waals surface area contributed by atoms with Gasteiger partial charge in [-0.05, 0) is 0 Å². The predicted molar refractivity (Wildman–Crippen MR) is 40.6 cm³/mol. The average Bonchev–Trinajstić information content (AvgIpc) is 2.05. The zero-order valence-corrected chi connectivity index (χ0v) is 8.90. The van der Waals surface area contributed by atoms with E-state index >= 15 is 0 Å². The van der Waals surface area contributed by atoms with Crippen molar-refractivity contribution in [3.05, 3.63) is 0 Å². The van der Waals surface area contributed by atoms with Crippen molar-refractivity contribution < 1.29 is 29.2 Å². The zero-order valence-electron chi connectivity index (χ0n) is 7.34. The molecule has 0 radical (unpaired) electrons. The SMILES string of the molecule is CCCC([O][Ti])C(CC)CO. The molecule has 0 aliphatic rings. The number of rotatable bonds is 6. The normalized spacial score (nSPS) is 16.2. The van der Waals surface area contributed by atoms with Gasteiger partial charge >= 0.3 is 81.0 Å². The molecule has 0 spiro atoms. The van der Waals surface area contributed by atoms with Crippen LogP contribution in [-0.2, 0) is 24.1 Å². The van der Waals surface area contributed by atoms with Crippen LogP contribution >= 0.6 is 0 Å². The summed E-state index contributed by atoms with van der Waals surface area (Å²) in [5.41, 5.74) is 0. The standard InChI is InChI=1S/C8H17O2.Ti/c1-3-5-8(10)7(4-2)6-9;/h7-9H,3-6H2,1-2H3;/q-1;+1. The Morgan fingerprint density at radius 3 is 2.36 bits per heavy atom. The van der Waals surface area contributed by atoms with Crippen LogP contribution in [0.3, 0.4) is 0 Å². The van der Waals surface area contributed by atoms with Gasteiger partial charge in [0.05, 0.1) is 0 Å². The van der Waals surface area contributed by atoms with Crippen molar-refractivity contribution in [1.29, 1.82) is 0 Å². The van der Waals surface area contributed by atoms with Gasteiger partial charge in [0.25, 0.3) is 0 Å². The van der Waals surface area contributed by atoms with Crippen LogP contribution < -0.4 is 0 Å². The average molecular weight is 193 g/mol. The van der Waals surface area contributed by atoms with Crippen molar-refractivity contribution in [2.24, 2.45) is 5.92 Å². The molecule has 0 aromatic carbocycles. The summed E-state index contributed by atoms with van der Waals surface area (Å²) in [5, 5.41) is 8.97. The van der Waals surface area contributed by atoms with E-state index in [9.17, 15) is 0 Å². The van der Waals surface area contributed by atoms with Gasteiger partial charge in [-0.2, -0.15) is 0 Å². The molecule has 65 valence electrons. The number of hydrogen-bond acceptors (Lipinski definition) is 2. The molecule has 0 amide bonds. The van der Waals surface area contributed by atoms with Gasteiger partial charge in [0.2, 0.25) is 0 Å². The van der Waals surface area contributed by atoms with Crippen molar-refractivity contribution >= 4 is 0 Å². The molecule has 1 N–H and O–H groups in total. The Labute approximate surface area is 81.2 Å². The Balaban J connectivity index is 3.76. The second kappa shape index (κ2) is 7.29. The third-order valence-electron chi connectivity index (χ3n) is 2.01. The van der Waals surface area contributed by atoms with Gasteiger partial charge in [0, 0.05) is 0 Å². The van der Waals surface area contributed by atoms with Gasteiger partial charge in [-0.25, -0.2) is 0 Å². The second-order valence-electron chi connectivity index (χ2n) is 2.80. The van der Waals surface area contributed by atoms with Crippen molar-refractivity contribution in [3.8, 4) is 0 Å². The van der Waals surface area contributed by atoms with E-state index in [0.717, 1.165) is 19.3 Å². The van der Waals surface area contributed by atoms with Crippen LogP contribution in [0, 0.1) is 5.92 Å². The molecule has 0 rings (SSSR count). The molecule has 0 saturated carbocycles. The van der Waals surface area contributed by atoms with E-state index in [2.05, 4.69) is 13.8 Å². The number of aliphatic hydroxyl groups excluding tert-OH is 1. The molecular weight excluding hydrogens is 176 g/mol. The van der Waals surface area contributed by atoms with Gasteiger partial charge in [0.15, 0.2) is 0 Å². The summed E-state index contributed by atoms with van der Waals surface area (Å²) >= 11 is 1.72. The minimum absolute atomic E-state index is 0.245. The molecule has 0 aromatic rings. The molecule has 2 nitrogen and oxygen atoms in total. The topological polar surface area (TPSA) is 29.5 Å². The summed E-state index contributed by atoms with van der Waals surface area (Å²) in [7, 11) is 0. The van der Waals surface area contributed by atoms with E-state index in [4.69, 9.17) is 8.42 Å². The Morgan fingerprint density at radius 2 is 2.09 bits per heavy atom. The number of hydrogen-bond donors (Lipinski definition) is 1. The third kappa shape index (κ3) is 4.26. The van der Waals surface area contributed by atoms with E-state index in [0.29, 0.717) is 5.92 Å². The van der Waals surface area contributed by atoms with Crippen molar-refractivity contribution in [2.75, 3.05) is 6.61 Å². The minimum atomic E-state index is 0.245. The fraction of sp³-hybridized carbons (Fsp3) is 1.00. The molecular formula is C8H17O2Ti. The van der Waals surface area contributed by atoms with E-state index < -0.39 is 0 Å². The molecule has 0 bridgehead atoms. The van der Waals surface area contributed by atoms with E-state index in [1.165, 1.54) is 0 Å². The third-order valence-corrected chi connectivity index (χ3v) is 2.48. The van der Waals surface area contributed by atoms with Crippen molar-refractivity contribution in [1.82, 2.24) is 0 Å². The number of aliphatic hydroxyl groups is 1.